The summed E-state index contributed by atoms with van der Waals surface area (Å²) in [7, 11) is 1.73. The van der Waals surface area contributed by atoms with E-state index in [1.807, 2.05) is 6.08 Å². The van der Waals surface area contributed by atoms with Crippen LogP contribution in [0.4, 0.5) is 8.78 Å². The van der Waals surface area contributed by atoms with Gasteiger partial charge in [-0.15, -0.1) is 0 Å². The highest BCUT2D eigenvalue weighted by atomic mass is 19.2. The van der Waals surface area contributed by atoms with Crippen LogP contribution in [0.15, 0.2) is 30.4 Å². The van der Waals surface area contributed by atoms with Crippen molar-refractivity contribution in [1.82, 2.24) is 0 Å². The molecule has 0 saturated heterocycles. The van der Waals surface area contributed by atoms with Gasteiger partial charge in [-0.1, -0.05) is 6.07 Å². The van der Waals surface area contributed by atoms with Gasteiger partial charge in [-0.25, -0.2) is 8.78 Å². The molecule has 1 aromatic carbocycles. The number of benzene rings is 1. The lowest BCUT2D eigenvalue weighted by atomic mass is 9.67. The maximum Gasteiger partial charge on any atom is 0.159 e. The van der Waals surface area contributed by atoms with E-state index in [1.54, 1.807) is 13.2 Å². The van der Waals surface area contributed by atoms with Gasteiger partial charge in [-0.3, -0.25) is 0 Å². The molecule has 4 heteroatoms. The van der Waals surface area contributed by atoms with Crippen LogP contribution in [0.5, 0.6) is 0 Å². The molecule has 0 N–H and O–H groups in total. The number of methoxy groups -OCH3 is 1. The van der Waals surface area contributed by atoms with Crippen molar-refractivity contribution in [1.29, 1.82) is 5.26 Å². The lowest BCUT2D eigenvalue weighted by Crippen LogP contribution is -2.36. The number of rotatable bonds is 4. The van der Waals surface area contributed by atoms with Gasteiger partial charge < -0.3 is 4.74 Å². The van der Waals surface area contributed by atoms with Gasteiger partial charge in [-0.05, 0) is 92.9 Å². The fourth-order valence-electron chi connectivity index (χ4n) is 4.92. The molecule has 140 valence electrons. The molecule has 2 aliphatic carbocycles. The molecular weight excluding hydrogens is 332 g/mol. The van der Waals surface area contributed by atoms with E-state index in [-0.39, 0.29) is 5.60 Å². The third kappa shape index (κ3) is 4.15. The zero-order valence-electron chi connectivity index (χ0n) is 15.4. The van der Waals surface area contributed by atoms with Crippen molar-refractivity contribution < 1.29 is 13.5 Å². The van der Waals surface area contributed by atoms with Crippen molar-refractivity contribution in [3.63, 3.8) is 0 Å². The Morgan fingerprint density at radius 2 is 1.69 bits per heavy atom. The SMILES string of the molecule is COC1(C=CC#N)CCC(C2CCC(c3ccc(F)c(F)c3)CC2)CC1. The highest BCUT2D eigenvalue weighted by Gasteiger charge is 2.37. The quantitative estimate of drug-likeness (QED) is 0.628. The Labute approximate surface area is 154 Å². The standard InChI is InChI=1S/C22H27F2NO/c1-26-22(11-2-14-25)12-9-18(10-13-22)16-3-5-17(6-4-16)19-7-8-20(23)21(24)15-19/h2,7-8,11,15-18H,3-6,9-10,12-13H2,1H3. The summed E-state index contributed by atoms with van der Waals surface area (Å²) >= 11 is 0. The van der Waals surface area contributed by atoms with E-state index in [2.05, 4.69) is 6.07 Å². The number of halogens is 2. The second-order valence-electron chi connectivity index (χ2n) is 7.85. The fourth-order valence-corrected chi connectivity index (χ4v) is 4.92. The maximum atomic E-state index is 13.5. The van der Waals surface area contributed by atoms with Gasteiger partial charge in [0.2, 0.25) is 0 Å². The first-order valence-corrected chi connectivity index (χ1v) is 9.64. The second-order valence-corrected chi connectivity index (χ2v) is 7.85. The van der Waals surface area contributed by atoms with E-state index < -0.39 is 11.6 Å². The molecule has 0 amide bonds. The Bertz CT molecular complexity index is 678. The minimum Gasteiger partial charge on any atom is -0.374 e. The largest absolute Gasteiger partial charge is 0.374 e. The first-order valence-electron chi connectivity index (χ1n) is 9.64. The summed E-state index contributed by atoms with van der Waals surface area (Å²) in [5.41, 5.74) is 0.667. The molecule has 2 aliphatic rings. The van der Waals surface area contributed by atoms with Gasteiger partial charge >= 0.3 is 0 Å². The molecule has 0 spiro atoms. The lowest BCUT2D eigenvalue weighted by Gasteiger charge is -2.41. The molecule has 0 aromatic heterocycles. The van der Waals surface area contributed by atoms with Crippen molar-refractivity contribution in [2.45, 2.75) is 62.9 Å². The number of hydrogen-bond donors (Lipinski definition) is 0. The molecule has 1 aromatic rings. The summed E-state index contributed by atoms with van der Waals surface area (Å²) in [6.45, 7) is 0. The van der Waals surface area contributed by atoms with Crippen LogP contribution in [-0.4, -0.2) is 12.7 Å². The van der Waals surface area contributed by atoms with Gasteiger partial charge in [0.05, 0.1) is 11.7 Å². The van der Waals surface area contributed by atoms with E-state index in [4.69, 9.17) is 10.00 Å². The van der Waals surface area contributed by atoms with E-state index in [1.165, 1.54) is 18.2 Å². The zero-order chi connectivity index (χ0) is 18.6. The first-order chi connectivity index (χ1) is 12.6. The van der Waals surface area contributed by atoms with Crippen LogP contribution < -0.4 is 0 Å². The summed E-state index contributed by atoms with van der Waals surface area (Å²) in [4.78, 5) is 0. The summed E-state index contributed by atoms with van der Waals surface area (Å²) in [5, 5.41) is 8.78. The molecule has 2 nitrogen and oxygen atoms in total. The molecule has 0 aliphatic heterocycles. The van der Waals surface area contributed by atoms with Gasteiger partial charge in [0.25, 0.3) is 0 Å². The van der Waals surface area contributed by atoms with Gasteiger partial charge in [0.15, 0.2) is 11.6 Å². The van der Waals surface area contributed by atoms with E-state index in [0.717, 1.165) is 56.9 Å². The minimum atomic E-state index is -0.767. The number of nitriles is 1. The van der Waals surface area contributed by atoms with Crippen LogP contribution in [0, 0.1) is 34.8 Å². The molecular formula is C22H27F2NO. The Morgan fingerprint density at radius 3 is 2.27 bits per heavy atom. The predicted octanol–water partition coefficient (Wildman–Crippen LogP) is 5.89. The van der Waals surface area contributed by atoms with E-state index in [9.17, 15) is 8.78 Å². The molecule has 3 rings (SSSR count). The van der Waals surface area contributed by atoms with Crippen LogP contribution in [0.25, 0.3) is 0 Å². The highest BCUT2D eigenvalue weighted by molar-refractivity contribution is 5.22. The molecule has 0 bridgehead atoms. The van der Waals surface area contributed by atoms with Gasteiger partial charge in [0, 0.05) is 13.2 Å². The Morgan fingerprint density at radius 1 is 1.04 bits per heavy atom. The Kier molecular flexibility index (Phi) is 6.09. The van der Waals surface area contributed by atoms with Crippen molar-refractivity contribution in [3.8, 4) is 6.07 Å². The summed E-state index contributed by atoms with van der Waals surface area (Å²) < 4.78 is 32.3. The average Bonchev–Trinajstić information content (AvgIpc) is 2.69. The number of allylic oxidation sites excluding steroid dienone is 1. The van der Waals surface area contributed by atoms with Crippen molar-refractivity contribution in [3.05, 3.63) is 47.5 Å². The van der Waals surface area contributed by atoms with Crippen LogP contribution in [-0.2, 0) is 4.74 Å². The smallest absolute Gasteiger partial charge is 0.159 e. The van der Waals surface area contributed by atoms with Crippen molar-refractivity contribution in [2.75, 3.05) is 7.11 Å². The van der Waals surface area contributed by atoms with Crippen LogP contribution in [0.1, 0.15) is 62.8 Å². The van der Waals surface area contributed by atoms with Gasteiger partial charge in [0.1, 0.15) is 0 Å². The third-order valence-corrected chi connectivity index (χ3v) is 6.60. The first kappa shape index (κ1) is 19.0. The minimum absolute atomic E-state index is 0.269. The molecule has 2 saturated carbocycles. The lowest BCUT2D eigenvalue weighted by molar-refractivity contribution is -0.0192. The average molecular weight is 359 g/mol. The van der Waals surface area contributed by atoms with Crippen LogP contribution in [0.3, 0.4) is 0 Å². The topological polar surface area (TPSA) is 33.0 Å². The normalized spacial score (nSPS) is 32.5. The summed E-state index contributed by atoms with van der Waals surface area (Å²) in [5.74, 6) is 0.266. The molecule has 0 unspecified atom stereocenters. The fraction of sp³-hybridized carbons (Fsp3) is 0.591. The molecule has 0 heterocycles. The second kappa shape index (κ2) is 8.31. The van der Waals surface area contributed by atoms with Crippen LogP contribution in [0.2, 0.25) is 0 Å². The zero-order valence-corrected chi connectivity index (χ0v) is 15.4. The van der Waals surface area contributed by atoms with E-state index in [0.29, 0.717) is 17.8 Å². The Balaban J connectivity index is 1.54. The van der Waals surface area contributed by atoms with E-state index >= 15 is 0 Å². The summed E-state index contributed by atoms with van der Waals surface area (Å²) in [6.07, 6.45) is 12.1. The van der Waals surface area contributed by atoms with Crippen molar-refractivity contribution in [2.24, 2.45) is 11.8 Å². The number of hydrogen-bond acceptors (Lipinski definition) is 2. The molecule has 0 radical (unpaired) electrons. The van der Waals surface area contributed by atoms with Crippen LogP contribution >= 0.6 is 0 Å². The monoisotopic (exact) mass is 359 g/mol. The van der Waals surface area contributed by atoms with Gasteiger partial charge in [-0.2, -0.15) is 5.26 Å². The molecule has 0 atom stereocenters. The maximum absolute atomic E-state index is 13.5. The Hall–Kier alpha value is -1.73. The summed E-state index contributed by atoms with van der Waals surface area (Å²) in [6, 6.07) is 6.42. The van der Waals surface area contributed by atoms with Crippen molar-refractivity contribution >= 4 is 0 Å². The molecule has 2 fully saturated rings. The number of nitrogens with zero attached hydrogens (tertiary/aromatic N) is 1. The third-order valence-electron chi connectivity index (χ3n) is 6.60. The predicted molar refractivity (Wildman–Crippen MR) is 97.5 cm³/mol. The highest BCUT2D eigenvalue weighted by Crippen LogP contribution is 2.45. The molecule has 26 heavy (non-hydrogen) atoms. The number of ether oxygens (including phenoxy) is 1.